The molecule has 120 valence electrons. The third-order valence-corrected chi connectivity index (χ3v) is 4.51. The highest BCUT2D eigenvalue weighted by atomic mass is 32.2. The minimum atomic E-state index is -0.412. The molecule has 1 atom stereocenters. The van der Waals surface area contributed by atoms with Gasteiger partial charge in [0.05, 0.1) is 26.6 Å². The van der Waals surface area contributed by atoms with Gasteiger partial charge >= 0.3 is 5.97 Å². The Balaban J connectivity index is 2.30. The number of rotatable bonds is 6. The zero-order valence-corrected chi connectivity index (χ0v) is 13.6. The average molecular weight is 325 g/mol. The van der Waals surface area contributed by atoms with Crippen LogP contribution in [-0.4, -0.2) is 49.9 Å². The Morgan fingerprint density at radius 1 is 1.36 bits per heavy atom. The van der Waals surface area contributed by atoms with Crippen molar-refractivity contribution in [1.29, 1.82) is 0 Å². The number of hydrogen-bond acceptors (Lipinski definition) is 6. The first kappa shape index (κ1) is 16.5. The van der Waals surface area contributed by atoms with Gasteiger partial charge in [0, 0.05) is 5.56 Å². The summed E-state index contributed by atoms with van der Waals surface area (Å²) in [6, 6.07) is 5.50. The van der Waals surface area contributed by atoms with Crippen molar-refractivity contribution in [2.75, 3.05) is 33.1 Å². The Bertz CT molecular complexity index is 563. The molecule has 0 saturated carbocycles. The van der Waals surface area contributed by atoms with E-state index in [1.165, 1.54) is 16.7 Å². The summed E-state index contributed by atoms with van der Waals surface area (Å²) in [6.07, 6.45) is 0. The van der Waals surface area contributed by atoms with Crippen molar-refractivity contribution in [2.45, 2.75) is 12.3 Å². The second kappa shape index (κ2) is 7.40. The Kier molecular flexibility index (Phi) is 5.54. The van der Waals surface area contributed by atoms with Gasteiger partial charge in [0.1, 0.15) is 11.9 Å². The van der Waals surface area contributed by atoms with Gasteiger partial charge in [0.25, 0.3) is 0 Å². The van der Waals surface area contributed by atoms with Crippen molar-refractivity contribution >= 4 is 23.6 Å². The van der Waals surface area contributed by atoms with Crippen LogP contribution in [0.3, 0.4) is 0 Å². The number of thioether (sulfide) groups is 1. The van der Waals surface area contributed by atoms with E-state index in [4.69, 9.17) is 14.2 Å². The standard InChI is InChI=1S/C15H19NO5S/c1-4-21-13(18)8-16-12(17)9-22-15(16)10-6-5-7-11(19-2)14(10)20-3/h5-7,15H,4,8-9H2,1-3H3. The highest BCUT2D eigenvalue weighted by Crippen LogP contribution is 2.45. The second-order valence-corrected chi connectivity index (χ2v) is 5.64. The number of nitrogens with zero attached hydrogens (tertiary/aromatic N) is 1. The lowest BCUT2D eigenvalue weighted by Gasteiger charge is -2.25. The molecule has 2 rings (SSSR count). The number of ether oxygens (including phenoxy) is 3. The number of methoxy groups -OCH3 is 2. The van der Waals surface area contributed by atoms with Gasteiger partial charge in [-0.25, -0.2) is 0 Å². The predicted octanol–water partition coefficient (Wildman–Crippen LogP) is 1.84. The largest absolute Gasteiger partial charge is 0.493 e. The number of amides is 1. The average Bonchev–Trinajstić information content (AvgIpc) is 2.87. The van der Waals surface area contributed by atoms with Gasteiger partial charge in [0.2, 0.25) is 5.91 Å². The fourth-order valence-electron chi connectivity index (χ4n) is 2.33. The van der Waals surface area contributed by atoms with E-state index in [0.717, 1.165) is 5.56 Å². The van der Waals surface area contributed by atoms with Gasteiger partial charge in [-0.05, 0) is 13.0 Å². The van der Waals surface area contributed by atoms with Gasteiger partial charge < -0.3 is 19.1 Å². The van der Waals surface area contributed by atoms with E-state index in [0.29, 0.717) is 23.9 Å². The van der Waals surface area contributed by atoms with Crippen molar-refractivity contribution < 1.29 is 23.8 Å². The fraction of sp³-hybridized carbons (Fsp3) is 0.467. The van der Waals surface area contributed by atoms with E-state index < -0.39 is 5.97 Å². The Morgan fingerprint density at radius 2 is 2.14 bits per heavy atom. The minimum absolute atomic E-state index is 0.0648. The number of hydrogen-bond donors (Lipinski definition) is 0. The van der Waals surface area contributed by atoms with E-state index in [2.05, 4.69) is 0 Å². The van der Waals surface area contributed by atoms with Crippen LogP contribution in [0, 0.1) is 0 Å². The first-order valence-electron chi connectivity index (χ1n) is 6.90. The van der Waals surface area contributed by atoms with Crippen LogP contribution in [-0.2, 0) is 14.3 Å². The molecule has 6 nitrogen and oxygen atoms in total. The molecule has 0 spiro atoms. The maximum atomic E-state index is 12.1. The van der Waals surface area contributed by atoms with Crippen LogP contribution >= 0.6 is 11.8 Å². The summed E-state index contributed by atoms with van der Waals surface area (Å²) in [7, 11) is 3.11. The normalized spacial score (nSPS) is 17.5. The van der Waals surface area contributed by atoms with E-state index >= 15 is 0 Å². The number of esters is 1. The third-order valence-electron chi connectivity index (χ3n) is 3.27. The predicted molar refractivity (Wildman–Crippen MR) is 83.1 cm³/mol. The summed E-state index contributed by atoms with van der Waals surface area (Å²) in [5.74, 6) is 0.991. The first-order valence-corrected chi connectivity index (χ1v) is 7.94. The smallest absolute Gasteiger partial charge is 0.325 e. The van der Waals surface area contributed by atoms with Crippen molar-refractivity contribution in [3.8, 4) is 11.5 Å². The summed E-state index contributed by atoms with van der Waals surface area (Å²) in [5.41, 5.74) is 0.807. The molecular formula is C15H19NO5S. The molecule has 1 heterocycles. The maximum absolute atomic E-state index is 12.1. The lowest BCUT2D eigenvalue weighted by Crippen LogP contribution is -2.34. The Morgan fingerprint density at radius 3 is 2.77 bits per heavy atom. The van der Waals surface area contributed by atoms with Gasteiger partial charge in [-0.3, -0.25) is 9.59 Å². The van der Waals surface area contributed by atoms with Crippen molar-refractivity contribution in [2.24, 2.45) is 0 Å². The molecule has 0 N–H and O–H groups in total. The molecule has 1 aromatic carbocycles. The third kappa shape index (κ3) is 3.30. The van der Waals surface area contributed by atoms with E-state index in [-0.39, 0.29) is 17.8 Å². The number of benzene rings is 1. The molecule has 1 saturated heterocycles. The topological polar surface area (TPSA) is 65.1 Å². The minimum Gasteiger partial charge on any atom is -0.493 e. The lowest BCUT2D eigenvalue weighted by molar-refractivity contribution is -0.148. The van der Waals surface area contributed by atoms with E-state index in [1.807, 2.05) is 12.1 Å². The summed E-state index contributed by atoms with van der Waals surface area (Å²) < 4.78 is 15.7. The molecule has 7 heteroatoms. The maximum Gasteiger partial charge on any atom is 0.325 e. The first-order chi connectivity index (χ1) is 10.6. The highest BCUT2D eigenvalue weighted by Gasteiger charge is 2.36. The number of para-hydroxylation sites is 1. The van der Waals surface area contributed by atoms with Crippen molar-refractivity contribution in [1.82, 2.24) is 4.90 Å². The zero-order valence-electron chi connectivity index (χ0n) is 12.8. The second-order valence-electron chi connectivity index (χ2n) is 4.57. The lowest BCUT2D eigenvalue weighted by atomic mass is 10.1. The van der Waals surface area contributed by atoms with Crippen molar-refractivity contribution in [3.05, 3.63) is 23.8 Å². The molecule has 0 bridgehead atoms. The fourth-order valence-corrected chi connectivity index (χ4v) is 3.54. The van der Waals surface area contributed by atoms with Crippen LogP contribution < -0.4 is 9.47 Å². The number of carbonyl (C=O) groups is 2. The van der Waals surface area contributed by atoms with Crippen LogP contribution in [0.4, 0.5) is 0 Å². The van der Waals surface area contributed by atoms with Crippen LogP contribution in [0.25, 0.3) is 0 Å². The molecular weight excluding hydrogens is 306 g/mol. The Hall–Kier alpha value is -1.89. The molecule has 1 amide bonds. The summed E-state index contributed by atoms with van der Waals surface area (Å²) in [5, 5.41) is -0.290. The molecule has 0 aromatic heterocycles. The zero-order chi connectivity index (χ0) is 16.1. The Labute approximate surface area is 133 Å². The molecule has 1 aromatic rings. The van der Waals surface area contributed by atoms with Crippen LogP contribution in [0.1, 0.15) is 17.9 Å². The molecule has 1 fully saturated rings. The van der Waals surface area contributed by atoms with Gasteiger partial charge in [-0.1, -0.05) is 12.1 Å². The highest BCUT2D eigenvalue weighted by molar-refractivity contribution is 8.00. The van der Waals surface area contributed by atoms with Crippen LogP contribution in [0.2, 0.25) is 0 Å². The summed E-state index contributed by atoms with van der Waals surface area (Å²) >= 11 is 1.45. The molecule has 1 aliphatic heterocycles. The summed E-state index contributed by atoms with van der Waals surface area (Å²) in [6.45, 7) is 1.97. The quantitative estimate of drug-likeness (QED) is 0.744. The van der Waals surface area contributed by atoms with Gasteiger partial charge in [-0.2, -0.15) is 0 Å². The summed E-state index contributed by atoms with van der Waals surface area (Å²) in [4.78, 5) is 25.3. The van der Waals surface area contributed by atoms with Crippen LogP contribution in [0.5, 0.6) is 11.5 Å². The molecule has 1 unspecified atom stereocenters. The molecule has 0 radical (unpaired) electrons. The number of carbonyl (C=O) groups excluding carboxylic acids is 2. The SMILES string of the molecule is CCOC(=O)CN1C(=O)CSC1c1cccc(OC)c1OC. The van der Waals surface area contributed by atoms with Crippen molar-refractivity contribution in [3.63, 3.8) is 0 Å². The monoisotopic (exact) mass is 325 g/mol. The van der Waals surface area contributed by atoms with E-state index in [1.54, 1.807) is 27.2 Å². The molecule has 1 aliphatic rings. The van der Waals surface area contributed by atoms with Crippen LogP contribution in [0.15, 0.2) is 18.2 Å². The molecule has 22 heavy (non-hydrogen) atoms. The van der Waals surface area contributed by atoms with E-state index in [9.17, 15) is 9.59 Å². The molecule has 0 aliphatic carbocycles. The van der Waals surface area contributed by atoms with Gasteiger partial charge in [0.15, 0.2) is 11.5 Å². The van der Waals surface area contributed by atoms with Gasteiger partial charge in [-0.15, -0.1) is 11.8 Å².